The van der Waals surface area contributed by atoms with Crippen LogP contribution < -0.4 is 5.14 Å². The monoisotopic (exact) mass is 390 g/mol. The fourth-order valence-corrected chi connectivity index (χ4v) is 3.26. The van der Waals surface area contributed by atoms with Crippen LogP contribution >= 0.6 is 0 Å². The molecule has 0 aliphatic heterocycles. The third kappa shape index (κ3) is 5.15. The summed E-state index contributed by atoms with van der Waals surface area (Å²) in [5.41, 5.74) is 1.57. The lowest BCUT2D eigenvalue weighted by atomic mass is 10.0. The van der Waals surface area contributed by atoms with Crippen LogP contribution in [-0.4, -0.2) is 37.3 Å². The van der Waals surface area contributed by atoms with Crippen molar-refractivity contribution in [1.82, 2.24) is 4.90 Å². The molecule has 0 spiro atoms. The number of hydrogen-bond donors (Lipinski definition) is 2. The minimum Gasteiger partial charge on any atom is -0.478 e. The first-order chi connectivity index (χ1) is 12.6. The van der Waals surface area contributed by atoms with E-state index in [1.54, 1.807) is 42.3 Å². The molecule has 7 nitrogen and oxygen atoms in total. The number of rotatable bonds is 7. The van der Waals surface area contributed by atoms with E-state index in [2.05, 4.69) is 0 Å². The number of carboxylic acid groups (broad SMARTS) is 1. The Bertz CT molecular complexity index is 939. The van der Waals surface area contributed by atoms with Gasteiger partial charge in [-0.25, -0.2) is 18.4 Å². The number of carbonyl (C=O) groups excluding carboxylic acids is 1. The summed E-state index contributed by atoms with van der Waals surface area (Å²) in [6, 6.07) is 12.4. The van der Waals surface area contributed by atoms with Gasteiger partial charge in [0.1, 0.15) is 0 Å². The van der Waals surface area contributed by atoms with Crippen molar-refractivity contribution in [3.63, 3.8) is 0 Å². The maximum Gasteiger partial charge on any atom is 0.335 e. The van der Waals surface area contributed by atoms with Crippen LogP contribution in [-0.2, 0) is 21.2 Å². The van der Waals surface area contributed by atoms with E-state index in [0.717, 1.165) is 5.56 Å². The first kappa shape index (κ1) is 20.6. The zero-order chi connectivity index (χ0) is 20.2. The van der Waals surface area contributed by atoms with Gasteiger partial charge in [-0.05, 0) is 42.7 Å². The highest BCUT2D eigenvalue weighted by Crippen LogP contribution is 2.22. The fourth-order valence-electron chi connectivity index (χ4n) is 2.74. The number of primary sulfonamides is 1. The van der Waals surface area contributed by atoms with E-state index in [-0.39, 0.29) is 28.8 Å². The number of hydrogen-bond acceptors (Lipinski definition) is 4. The van der Waals surface area contributed by atoms with Gasteiger partial charge in [0, 0.05) is 13.5 Å². The molecule has 0 fully saturated rings. The van der Waals surface area contributed by atoms with Crippen LogP contribution in [0.2, 0.25) is 0 Å². The summed E-state index contributed by atoms with van der Waals surface area (Å²) in [7, 11) is -2.10. The number of carbonyl (C=O) groups is 2. The van der Waals surface area contributed by atoms with Crippen molar-refractivity contribution in [2.75, 3.05) is 7.05 Å². The molecular weight excluding hydrogens is 368 g/mol. The number of benzene rings is 2. The average Bonchev–Trinajstić information content (AvgIpc) is 2.64. The average molecular weight is 390 g/mol. The first-order valence-corrected chi connectivity index (χ1v) is 9.85. The Morgan fingerprint density at radius 1 is 1.11 bits per heavy atom. The fraction of sp³-hybridized carbons (Fsp3) is 0.263. The van der Waals surface area contributed by atoms with Crippen molar-refractivity contribution >= 4 is 21.9 Å². The summed E-state index contributed by atoms with van der Waals surface area (Å²) in [5, 5.41) is 14.3. The summed E-state index contributed by atoms with van der Waals surface area (Å²) < 4.78 is 22.6. The molecule has 1 amide bonds. The van der Waals surface area contributed by atoms with Gasteiger partial charge in [0.2, 0.25) is 15.9 Å². The van der Waals surface area contributed by atoms with E-state index in [9.17, 15) is 23.1 Å². The lowest BCUT2D eigenvalue weighted by Gasteiger charge is -2.25. The summed E-state index contributed by atoms with van der Waals surface area (Å²) in [6.07, 6.45) is 0.489. The zero-order valence-corrected chi connectivity index (χ0v) is 15.9. The number of sulfonamides is 1. The Labute approximate surface area is 158 Å². The van der Waals surface area contributed by atoms with Gasteiger partial charge >= 0.3 is 5.97 Å². The Morgan fingerprint density at radius 2 is 1.70 bits per heavy atom. The lowest BCUT2D eigenvalue weighted by molar-refractivity contribution is -0.131. The van der Waals surface area contributed by atoms with Crippen LogP contribution in [0.1, 0.15) is 40.9 Å². The third-order valence-electron chi connectivity index (χ3n) is 4.52. The third-order valence-corrected chi connectivity index (χ3v) is 5.45. The molecule has 0 radical (unpaired) electrons. The van der Waals surface area contributed by atoms with Crippen molar-refractivity contribution in [3.05, 3.63) is 65.2 Å². The van der Waals surface area contributed by atoms with Gasteiger partial charge in [0.05, 0.1) is 16.5 Å². The van der Waals surface area contributed by atoms with Gasteiger partial charge in [-0.2, -0.15) is 0 Å². The predicted molar refractivity (Wildman–Crippen MR) is 101 cm³/mol. The normalized spacial score (nSPS) is 12.4. The maximum atomic E-state index is 12.5. The number of nitrogens with two attached hydrogens (primary N) is 1. The van der Waals surface area contributed by atoms with E-state index in [0.29, 0.717) is 12.0 Å². The molecule has 1 unspecified atom stereocenters. The quantitative estimate of drug-likeness (QED) is 0.751. The van der Waals surface area contributed by atoms with E-state index < -0.39 is 16.0 Å². The SMILES string of the molecule is CC(c1ccc(S(N)(=O)=O)cc1)N(C)C(=O)CCc1ccccc1C(=O)O. The van der Waals surface area contributed by atoms with Gasteiger partial charge < -0.3 is 10.0 Å². The van der Waals surface area contributed by atoms with Crippen molar-refractivity contribution in [2.45, 2.75) is 30.7 Å². The number of aryl methyl sites for hydroxylation is 1. The Hall–Kier alpha value is -2.71. The Morgan fingerprint density at radius 3 is 2.26 bits per heavy atom. The highest BCUT2D eigenvalue weighted by Gasteiger charge is 2.19. The molecule has 2 aromatic carbocycles. The Balaban J connectivity index is 2.05. The van der Waals surface area contributed by atoms with E-state index in [1.165, 1.54) is 18.2 Å². The molecule has 3 N–H and O–H groups in total. The van der Waals surface area contributed by atoms with Gasteiger partial charge in [-0.15, -0.1) is 0 Å². The van der Waals surface area contributed by atoms with E-state index in [1.807, 2.05) is 6.92 Å². The number of amides is 1. The zero-order valence-electron chi connectivity index (χ0n) is 15.1. The number of aromatic carboxylic acids is 1. The minimum absolute atomic E-state index is 0.0118. The molecule has 0 aromatic heterocycles. The second kappa shape index (κ2) is 8.32. The molecule has 2 rings (SSSR count). The summed E-state index contributed by atoms with van der Waals surface area (Å²) in [6.45, 7) is 1.83. The van der Waals surface area contributed by atoms with Crippen molar-refractivity contribution in [1.29, 1.82) is 0 Å². The van der Waals surface area contributed by atoms with E-state index >= 15 is 0 Å². The Kier molecular flexibility index (Phi) is 6.35. The molecule has 0 aliphatic rings. The van der Waals surface area contributed by atoms with Crippen molar-refractivity contribution < 1.29 is 23.1 Å². The van der Waals surface area contributed by atoms with Crippen LogP contribution in [0.4, 0.5) is 0 Å². The predicted octanol–water partition coefficient (Wildman–Crippen LogP) is 2.18. The smallest absolute Gasteiger partial charge is 0.335 e. The highest BCUT2D eigenvalue weighted by atomic mass is 32.2. The molecular formula is C19H22N2O5S. The van der Waals surface area contributed by atoms with Crippen LogP contribution in [0.15, 0.2) is 53.4 Å². The van der Waals surface area contributed by atoms with Crippen molar-refractivity contribution in [2.24, 2.45) is 5.14 Å². The molecule has 144 valence electrons. The summed E-state index contributed by atoms with van der Waals surface area (Å²) in [4.78, 5) is 25.3. The van der Waals surface area contributed by atoms with Crippen LogP contribution in [0, 0.1) is 0 Å². The molecule has 27 heavy (non-hydrogen) atoms. The van der Waals surface area contributed by atoms with Gasteiger partial charge in [0.25, 0.3) is 0 Å². The minimum atomic E-state index is -3.76. The van der Waals surface area contributed by atoms with Crippen LogP contribution in [0.3, 0.4) is 0 Å². The van der Waals surface area contributed by atoms with Gasteiger partial charge in [-0.3, -0.25) is 4.79 Å². The molecule has 2 aromatic rings. The standard InChI is InChI=1S/C19H22N2O5S/c1-13(14-7-10-16(11-8-14)27(20,25)26)21(2)18(22)12-9-15-5-3-4-6-17(15)19(23)24/h3-8,10-11,13H,9,12H2,1-2H3,(H,23,24)(H2,20,25,26). The second-order valence-electron chi connectivity index (χ2n) is 6.26. The molecule has 0 bridgehead atoms. The number of carboxylic acids is 1. The summed E-state index contributed by atoms with van der Waals surface area (Å²) >= 11 is 0. The second-order valence-corrected chi connectivity index (χ2v) is 7.82. The maximum absolute atomic E-state index is 12.5. The van der Waals surface area contributed by atoms with E-state index in [4.69, 9.17) is 5.14 Å². The first-order valence-electron chi connectivity index (χ1n) is 8.31. The topological polar surface area (TPSA) is 118 Å². The van der Waals surface area contributed by atoms with Crippen molar-refractivity contribution in [3.8, 4) is 0 Å². The summed E-state index contributed by atoms with van der Waals surface area (Å²) in [5.74, 6) is -1.16. The van der Waals surface area contributed by atoms with Gasteiger partial charge in [0.15, 0.2) is 0 Å². The molecule has 1 atom stereocenters. The largest absolute Gasteiger partial charge is 0.478 e. The number of nitrogens with zero attached hydrogens (tertiary/aromatic N) is 1. The molecule has 0 aliphatic carbocycles. The van der Waals surface area contributed by atoms with Crippen LogP contribution in [0.25, 0.3) is 0 Å². The highest BCUT2D eigenvalue weighted by molar-refractivity contribution is 7.89. The lowest BCUT2D eigenvalue weighted by Crippen LogP contribution is -2.30. The van der Waals surface area contributed by atoms with Gasteiger partial charge in [-0.1, -0.05) is 30.3 Å². The molecule has 0 saturated heterocycles. The molecule has 0 heterocycles. The molecule has 0 saturated carbocycles. The van der Waals surface area contributed by atoms with Crippen LogP contribution in [0.5, 0.6) is 0 Å². The molecule has 8 heteroatoms.